The lowest BCUT2D eigenvalue weighted by molar-refractivity contribution is -0.401. The first-order valence-corrected chi connectivity index (χ1v) is 8.58. The summed E-state index contributed by atoms with van der Waals surface area (Å²) in [5, 5.41) is 18.7. The fraction of sp³-hybridized carbons (Fsp3) is 0.133. The molecule has 0 radical (unpaired) electrons. The number of ketones is 1. The van der Waals surface area contributed by atoms with Gasteiger partial charge in [-0.3, -0.25) is 14.9 Å². The van der Waals surface area contributed by atoms with Crippen molar-refractivity contribution < 1.29 is 14.1 Å². The second-order valence-electron chi connectivity index (χ2n) is 4.76. The van der Waals surface area contributed by atoms with E-state index in [9.17, 15) is 14.9 Å². The highest BCUT2D eigenvalue weighted by Crippen LogP contribution is 2.34. The number of Topliss-reactive ketones (excluding diaryl/α,β-unsaturated/α-hetero) is 1. The average Bonchev–Trinajstić information content (AvgIpc) is 3.24. The van der Waals surface area contributed by atoms with E-state index in [0.29, 0.717) is 14.9 Å². The van der Waals surface area contributed by atoms with E-state index in [0.717, 1.165) is 0 Å². The molecule has 1 atom stereocenters. The van der Waals surface area contributed by atoms with Crippen LogP contribution < -0.4 is 0 Å². The minimum Gasteiger partial charge on any atom is -0.398 e. The van der Waals surface area contributed by atoms with Gasteiger partial charge in [0.25, 0.3) is 0 Å². The molecule has 3 rings (SSSR count). The first kappa shape index (κ1) is 16.3. The molecule has 0 aliphatic rings. The molecule has 0 amide bonds. The zero-order chi connectivity index (χ0) is 17.1. The summed E-state index contributed by atoms with van der Waals surface area (Å²) in [6.45, 7) is 1.80. The van der Waals surface area contributed by atoms with Crippen LogP contribution in [0.4, 0.5) is 5.88 Å². The predicted molar refractivity (Wildman–Crippen MR) is 90.4 cm³/mol. The summed E-state index contributed by atoms with van der Waals surface area (Å²) < 4.78 is 5.70. The molecular formula is C15H11N3O4S2. The summed E-state index contributed by atoms with van der Waals surface area (Å²) in [4.78, 5) is 22.4. The molecule has 24 heavy (non-hydrogen) atoms. The van der Waals surface area contributed by atoms with E-state index < -0.39 is 4.92 Å². The Morgan fingerprint density at radius 2 is 2.00 bits per heavy atom. The number of aromatic nitrogens is 2. The van der Waals surface area contributed by atoms with Gasteiger partial charge in [-0.25, -0.2) is 0 Å². The highest BCUT2D eigenvalue weighted by atomic mass is 32.2. The fourth-order valence-electron chi connectivity index (χ4n) is 1.94. The van der Waals surface area contributed by atoms with Crippen LogP contribution in [0.2, 0.25) is 0 Å². The van der Waals surface area contributed by atoms with Crippen LogP contribution in [0.3, 0.4) is 0 Å². The average molecular weight is 361 g/mol. The molecule has 9 heteroatoms. The Bertz CT molecular complexity index is 876. The maximum atomic E-state index is 12.3. The van der Waals surface area contributed by atoms with Crippen molar-refractivity contribution in [1.29, 1.82) is 0 Å². The molecule has 122 valence electrons. The topological polar surface area (TPSA) is 99.1 Å². The SMILES string of the molecule is CC(Sc1nnc(-c2ccc([N+](=O)[O-])o2)s1)C(=O)c1ccccc1. The third-order valence-corrected chi connectivity index (χ3v) is 5.22. The van der Waals surface area contributed by atoms with Crippen molar-refractivity contribution in [3.8, 4) is 10.8 Å². The van der Waals surface area contributed by atoms with Gasteiger partial charge in [0.05, 0.1) is 11.3 Å². The van der Waals surface area contributed by atoms with E-state index in [-0.39, 0.29) is 22.7 Å². The second kappa shape index (κ2) is 6.93. The van der Waals surface area contributed by atoms with Crippen LogP contribution in [-0.2, 0) is 0 Å². The lowest BCUT2D eigenvalue weighted by Crippen LogP contribution is -2.13. The standard InChI is InChI=1S/C15H11N3O4S2/c1-9(13(19)10-5-3-2-4-6-10)23-15-17-16-14(24-15)11-7-8-12(22-11)18(20)21/h2-9H,1H3. The van der Waals surface area contributed by atoms with E-state index in [2.05, 4.69) is 10.2 Å². The van der Waals surface area contributed by atoms with Gasteiger partial charge in [-0.15, -0.1) is 10.2 Å². The van der Waals surface area contributed by atoms with Gasteiger partial charge in [-0.1, -0.05) is 53.4 Å². The van der Waals surface area contributed by atoms with Gasteiger partial charge in [0.2, 0.25) is 0 Å². The zero-order valence-electron chi connectivity index (χ0n) is 12.4. The van der Waals surface area contributed by atoms with Gasteiger partial charge in [-0.05, 0) is 13.0 Å². The number of nitro groups is 1. The molecule has 0 bridgehead atoms. The molecule has 1 aromatic carbocycles. The van der Waals surface area contributed by atoms with Gasteiger partial charge in [0.15, 0.2) is 20.9 Å². The molecule has 0 N–H and O–H groups in total. The number of nitrogens with zero attached hydrogens (tertiary/aromatic N) is 3. The van der Waals surface area contributed by atoms with Crippen molar-refractivity contribution in [1.82, 2.24) is 10.2 Å². The van der Waals surface area contributed by atoms with Crippen LogP contribution in [0, 0.1) is 10.1 Å². The summed E-state index contributed by atoms with van der Waals surface area (Å²) in [5.74, 6) is -0.0545. The van der Waals surface area contributed by atoms with Gasteiger partial charge in [0.1, 0.15) is 4.92 Å². The minimum atomic E-state index is -0.610. The maximum absolute atomic E-state index is 12.3. The number of hydrogen-bond donors (Lipinski definition) is 0. The largest absolute Gasteiger partial charge is 0.433 e. The normalized spacial score (nSPS) is 12.0. The second-order valence-corrected chi connectivity index (χ2v) is 7.32. The molecule has 2 aromatic heterocycles. The summed E-state index contributed by atoms with van der Waals surface area (Å²) in [5.41, 5.74) is 0.642. The van der Waals surface area contributed by atoms with Gasteiger partial charge >= 0.3 is 5.88 Å². The Hall–Kier alpha value is -2.52. The van der Waals surface area contributed by atoms with E-state index >= 15 is 0 Å². The molecule has 7 nitrogen and oxygen atoms in total. The van der Waals surface area contributed by atoms with E-state index in [1.54, 1.807) is 19.1 Å². The predicted octanol–water partition coefficient (Wildman–Crippen LogP) is 4.07. The first-order valence-electron chi connectivity index (χ1n) is 6.88. The Kier molecular flexibility index (Phi) is 4.72. The smallest absolute Gasteiger partial charge is 0.398 e. The van der Waals surface area contributed by atoms with Crippen molar-refractivity contribution in [3.63, 3.8) is 0 Å². The van der Waals surface area contributed by atoms with Crippen molar-refractivity contribution in [2.45, 2.75) is 16.5 Å². The van der Waals surface area contributed by atoms with Crippen LogP contribution in [0.1, 0.15) is 17.3 Å². The summed E-state index contributed by atoms with van der Waals surface area (Å²) >= 11 is 2.52. The van der Waals surface area contributed by atoms with Crippen LogP contribution in [0.15, 0.2) is 51.2 Å². The number of carbonyl (C=O) groups is 1. The van der Waals surface area contributed by atoms with Gasteiger partial charge in [-0.2, -0.15) is 0 Å². The highest BCUT2D eigenvalue weighted by molar-refractivity contribution is 8.02. The fourth-order valence-corrected chi connectivity index (χ4v) is 3.97. The number of furan rings is 1. The van der Waals surface area contributed by atoms with Gasteiger partial charge in [0, 0.05) is 5.56 Å². The highest BCUT2D eigenvalue weighted by Gasteiger charge is 2.20. The number of carbonyl (C=O) groups excluding carboxylic acids is 1. The molecule has 0 aliphatic heterocycles. The molecule has 0 aliphatic carbocycles. The Morgan fingerprint density at radius 3 is 2.67 bits per heavy atom. The molecule has 0 saturated carbocycles. The van der Waals surface area contributed by atoms with Crippen molar-refractivity contribution >= 4 is 34.8 Å². The third-order valence-electron chi connectivity index (χ3n) is 3.09. The third kappa shape index (κ3) is 3.52. The lowest BCUT2D eigenvalue weighted by Gasteiger charge is -2.07. The van der Waals surface area contributed by atoms with Crippen molar-refractivity contribution in [2.75, 3.05) is 0 Å². The quantitative estimate of drug-likeness (QED) is 0.282. The van der Waals surface area contributed by atoms with Crippen LogP contribution in [-0.4, -0.2) is 26.2 Å². The minimum absolute atomic E-state index is 0.00554. The Balaban J connectivity index is 1.71. The Morgan fingerprint density at radius 1 is 1.25 bits per heavy atom. The maximum Gasteiger partial charge on any atom is 0.433 e. The molecule has 2 heterocycles. The van der Waals surface area contributed by atoms with Gasteiger partial charge < -0.3 is 4.42 Å². The van der Waals surface area contributed by atoms with Crippen molar-refractivity contribution in [3.05, 3.63) is 58.1 Å². The number of benzene rings is 1. The number of rotatable bonds is 6. The van der Waals surface area contributed by atoms with E-state index in [1.165, 1.54) is 35.2 Å². The zero-order valence-corrected chi connectivity index (χ0v) is 14.0. The lowest BCUT2D eigenvalue weighted by atomic mass is 10.1. The number of thioether (sulfide) groups is 1. The van der Waals surface area contributed by atoms with Crippen LogP contribution >= 0.6 is 23.1 Å². The molecule has 0 saturated heterocycles. The number of hydrogen-bond acceptors (Lipinski definition) is 8. The summed E-state index contributed by atoms with van der Waals surface area (Å²) in [6, 6.07) is 11.8. The molecule has 3 aromatic rings. The van der Waals surface area contributed by atoms with E-state index in [1.807, 2.05) is 18.2 Å². The molecule has 0 spiro atoms. The first-order chi connectivity index (χ1) is 11.5. The Labute approximate surface area is 144 Å². The van der Waals surface area contributed by atoms with Crippen LogP contribution in [0.5, 0.6) is 0 Å². The summed E-state index contributed by atoms with van der Waals surface area (Å²) in [7, 11) is 0. The molecule has 1 unspecified atom stereocenters. The van der Waals surface area contributed by atoms with Crippen molar-refractivity contribution in [2.24, 2.45) is 0 Å². The van der Waals surface area contributed by atoms with Crippen LogP contribution in [0.25, 0.3) is 10.8 Å². The monoisotopic (exact) mass is 361 g/mol. The summed E-state index contributed by atoms with van der Waals surface area (Å²) in [6.07, 6.45) is 0. The molecule has 0 fully saturated rings. The van der Waals surface area contributed by atoms with E-state index in [4.69, 9.17) is 4.42 Å². The molecular weight excluding hydrogens is 350 g/mol.